The highest BCUT2D eigenvalue weighted by Gasteiger charge is 2.25. The number of nitrogens with zero attached hydrogens (tertiary/aromatic N) is 3. The maximum absolute atomic E-state index is 4.71. The Hall–Kier alpha value is -1.03. The highest BCUT2D eigenvalue weighted by Crippen LogP contribution is 2.23. The average Bonchev–Trinajstić information content (AvgIpc) is 2.72. The summed E-state index contributed by atoms with van der Waals surface area (Å²) in [6, 6.07) is 0. The molecular formula is C13H18N3S+. The molecule has 0 N–H and O–H groups in total. The lowest BCUT2D eigenvalue weighted by atomic mass is 9.89. The number of rotatable bonds is 2. The minimum atomic E-state index is 0.788. The minimum absolute atomic E-state index is 0.788. The van der Waals surface area contributed by atoms with E-state index in [9.17, 15) is 0 Å². The van der Waals surface area contributed by atoms with E-state index in [4.69, 9.17) is 5.10 Å². The van der Waals surface area contributed by atoms with Gasteiger partial charge in [-0.1, -0.05) is 23.5 Å². The first kappa shape index (κ1) is 11.1. The molecule has 3 nitrogen and oxygen atoms in total. The summed E-state index contributed by atoms with van der Waals surface area (Å²) >= 11 is 1.74. The predicted molar refractivity (Wildman–Crippen MR) is 68.3 cm³/mol. The molecule has 1 aliphatic rings. The van der Waals surface area contributed by atoms with E-state index in [-0.39, 0.29) is 0 Å². The first-order chi connectivity index (χ1) is 8.28. The van der Waals surface area contributed by atoms with E-state index in [1.807, 2.05) is 0 Å². The van der Waals surface area contributed by atoms with Gasteiger partial charge >= 0.3 is 4.96 Å². The van der Waals surface area contributed by atoms with Crippen LogP contribution >= 0.6 is 11.3 Å². The molecule has 2 aromatic rings. The molecule has 1 aliphatic carbocycles. The molecule has 0 bridgehead atoms. The van der Waals surface area contributed by atoms with E-state index >= 15 is 0 Å². The Labute approximate surface area is 106 Å². The minimum Gasteiger partial charge on any atom is -0.0875 e. The molecule has 1 unspecified atom stereocenters. The molecule has 0 radical (unpaired) electrons. The molecule has 90 valence electrons. The van der Waals surface area contributed by atoms with E-state index < -0.39 is 0 Å². The fourth-order valence-electron chi connectivity index (χ4n) is 2.54. The van der Waals surface area contributed by atoms with Crippen LogP contribution in [-0.2, 0) is 19.3 Å². The van der Waals surface area contributed by atoms with Crippen LogP contribution in [0.1, 0.15) is 43.0 Å². The summed E-state index contributed by atoms with van der Waals surface area (Å²) in [7, 11) is 0. The van der Waals surface area contributed by atoms with Gasteiger partial charge in [0.1, 0.15) is 16.9 Å². The first-order valence-electron chi connectivity index (χ1n) is 6.46. The Morgan fingerprint density at radius 1 is 1.53 bits per heavy atom. The van der Waals surface area contributed by atoms with Gasteiger partial charge in [-0.05, 0) is 41.5 Å². The van der Waals surface area contributed by atoms with Gasteiger partial charge in [-0.2, -0.15) is 0 Å². The number of aryl methyl sites for hydroxylation is 2. The summed E-state index contributed by atoms with van der Waals surface area (Å²) in [5, 5.41) is 5.93. The molecule has 0 aliphatic heterocycles. The summed E-state index contributed by atoms with van der Waals surface area (Å²) < 4.78 is 2.09. The third kappa shape index (κ3) is 1.95. The Balaban J connectivity index is 2.10. The van der Waals surface area contributed by atoms with Crippen molar-refractivity contribution in [2.24, 2.45) is 5.92 Å². The quantitative estimate of drug-likeness (QED) is 0.764. The molecule has 3 rings (SSSR count). The Morgan fingerprint density at radius 2 is 2.41 bits per heavy atom. The van der Waals surface area contributed by atoms with Crippen LogP contribution in [0.25, 0.3) is 4.96 Å². The fraction of sp³-hybridized carbons (Fsp3) is 0.615. The van der Waals surface area contributed by atoms with E-state index in [0.717, 1.165) is 36.6 Å². The molecule has 0 saturated heterocycles. The van der Waals surface area contributed by atoms with Gasteiger partial charge in [-0.15, -0.1) is 0 Å². The van der Waals surface area contributed by atoms with Crippen molar-refractivity contribution in [3.63, 3.8) is 0 Å². The van der Waals surface area contributed by atoms with Gasteiger partial charge in [0, 0.05) is 18.4 Å². The molecule has 1 atom stereocenters. The zero-order valence-corrected chi connectivity index (χ0v) is 11.3. The van der Waals surface area contributed by atoms with Crippen LogP contribution in [-0.4, -0.2) is 10.1 Å². The van der Waals surface area contributed by atoms with Gasteiger partial charge < -0.3 is 0 Å². The van der Waals surface area contributed by atoms with Gasteiger partial charge in [-0.25, -0.2) is 0 Å². The van der Waals surface area contributed by atoms with Gasteiger partial charge in [0.2, 0.25) is 0 Å². The van der Waals surface area contributed by atoms with Crippen molar-refractivity contribution in [1.82, 2.24) is 10.1 Å². The van der Waals surface area contributed by atoms with E-state index in [1.165, 1.54) is 22.7 Å². The normalized spacial score (nSPS) is 19.5. The van der Waals surface area contributed by atoms with Crippen LogP contribution in [0.5, 0.6) is 0 Å². The zero-order valence-electron chi connectivity index (χ0n) is 10.4. The fourth-order valence-corrected chi connectivity index (χ4v) is 3.52. The number of fused-ring (bicyclic) bond motifs is 3. The van der Waals surface area contributed by atoms with Crippen molar-refractivity contribution < 1.29 is 4.52 Å². The topological polar surface area (TPSA) is 29.9 Å². The van der Waals surface area contributed by atoms with Gasteiger partial charge in [0.15, 0.2) is 0 Å². The molecular weight excluding hydrogens is 230 g/mol. The number of hydrogen-bond acceptors (Lipinski definition) is 3. The van der Waals surface area contributed by atoms with Crippen LogP contribution in [0, 0.1) is 5.92 Å². The third-order valence-electron chi connectivity index (χ3n) is 3.47. The van der Waals surface area contributed by atoms with Crippen LogP contribution in [0.15, 0.2) is 6.20 Å². The summed E-state index contributed by atoms with van der Waals surface area (Å²) in [6.07, 6.45) is 7.87. The highest BCUT2D eigenvalue weighted by atomic mass is 32.1. The van der Waals surface area contributed by atoms with Gasteiger partial charge in [0.05, 0.1) is 0 Å². The number of hydrogen-bond donors (Lipinski definition) is 0. The van der Waals surface area contributed by atoms with Crippen LogP contribution in [0.4, 0.5) is 0 Å². The van der Waals surface area contributed by atoms with Crippen molar-refractivity contribution in [1.29, 1.82) is 0 Å². The Kier molecular flexibility index (Phi) is 2.82. The first-order valence-corrected chi connectivity index (χ1v) is 7.28. The lowest BCUT2D eigenvalue weighted by molar-refractivity contribution is -0.588. The van der Waals surface area contributed by atoms with Gasteiger partial charge in [-0.3, -0.25) is 0 Å². The summed E-state index contributed by atoms with van der Waals surface area (Å²) in [5.41, 5.74) is 2.79. The maximum atomic E-state index is 4.71. The molecule has 0 fully saturated rings. The summed E-state index contributed by atoms with van der Waals surface area (Å²) in [4.78, 5) is 5.61. The monoisotopic (exact) mass is 248 g/mol. The highest BCUT2D eigenvalue weighted by molar-refractivity contribution is 7.16. The second kappa shape index (κ2) is 4.33. The van der Waals surface area contributed by atoms with E-state index in [1.54, 1.807) is 11.3 Å². The lowest BCUT2D eigenvalue weighted by Gasteiger charge is -2.16. The lowest BCUT2D eigenvalue weighted by Crippen LogP contribution is -2.34. The molecule has 2 aromatic heterocycles. The molecule has 0 saturated carbocycles. The molecule has 0 amide bonds. The Morgan fingerprint density at radius 3 is 3.24 bits per heavy atom. The smallest absolute Gasteiger partial charge is 0.0875 e. The van der Waals surface area contributed by atoms with E-state index in [2.05, 4.69) is 29.5 Å². The average molecular weight is 248 g/mol. The van der Waals surface area contributed by atoms with Crippen molar-refractivity contribution in [2.75, 3.05) is 0 Å². The van der Waals surface area contributed by atoms with Crippen molar-refractivity contribution in [3.05, 3.63) is 22.5 Å². The largest absolute Gasteiger partial charge is 0.409 e. The maximum Gasteiger partial charge on any atom is 0.409 e. The molecule has 17 heavy (non-hydrogen) atoms. The standard InChI is InChI=1S/C13H18N3S/c1-3-4-12-15-16-11-6-5-9(2)7-10(11)8-14-13(16)17-12/h8-9H,3-7H2,1-2H3/q+1. The van der Waals surface area contributed by atoms with Crippen LogP contribution in [0.2, 0.25) is 0 Å². The predicted octanol–water partition coefficient (Wildman–Crippen LogP) is 2.35. The van der Waals surface area contributed by atoms with Crippen LogP contribution in [0.3, 0.4) is 0 Å². The van der Waals surface area contributed by atoms with Crippen molar-refractivity contribution in [3.8, 4) is 0 Å². The van der Waals surface area contributed by atoms with Gasteiger partial charge in [0.25, 0.3) is 0 Å². The molecule has 2 heterocycles. The SMILES string of the molecule is CCCc1n[n+]2c3c(cnc2s1)CC(C)CC3. The molecule has 0 spiro atoms. The van der Waals surface area contributed by atoms with Crippen LogP contribution < -0.4 is 4.52 Å². The van der Waals surface area contributed by atoms with Crippen molar-refractivity contribution in [2.45, 2.75) is 46.0 Å². The molecule has 0 aromatic carbocycles. The third-order valence-corrected chi connectivity index (χ3v) is 4.45. The summed E-state index contributed by atoms with van der Waals surface area (Å²) in [5.74, 6) is 0.788. The van der Waals surface area contributed by atoms with E-state index in [0.29, 0.717) is 0 Å². The Bertz CT molecular complexity index is 547. The second-order valence-corrected chi connectivity index (χ2v) is 6.06. The second-order valence-electron chi connectivity index (χ2n) is 5.02. The molecule has 4 heteroatoms. The zero-order chi connectivity index (χ0) is 11.8. The number of aromatic nitrogens is 3. The van der Waals surface area contributed by atoms with Crippen molar-refractivity contribution >= 4 is 16.3 Å². The summed E-state index contributed by atoms with van der Waals surface area (Å²) in [6.45, 7) is 4.52.